The SMILES string of the molecule is CN(C)C1CN(c2nc3c(F)c(-c4cc(O)cc5ccccc45)c(Cl)cc3c3c2nc(C2CCS(=O)(=O)CC2)n3C2C3CNC2C3)C1. The molecule has 3 aromatic carbocycles. The average Bonchev–Trinajstić information content (AvgIpc) is 3.73. The van der Waals surface area contributed by atoms with Gasteiger partial charge >= 0.3 is 0 Å². The van der Waals surface area contributed by atoms with Gasteiger partial charge in [0.2, 0.25) is 0 Å². The number of hydrogen-bond donors (Lipinski definition) is 2. The summed E-state index contributed by atoms with van der Waals surface area (Å²) >= 11 is 7.05. The molecule has 5 aromatic rings. The van der Waals surface area contributed by atoms with Crippen molar-refractivity contribution in [3.05, 3.63) is 59.1 Å². The van der Waals surface area contributed by atoms with Crippen molar-refractivity contribution in [3.63, 3.8) is 0 Å². The molecule has 2 N–H and O–H groups in total. The highest BCUT2D eigenvalue weighted by atomic mass is 35.5. The van der Waals surface area contributed by atoms with Crippen molar-refractivity contribution in [2.45, 2.75) is 43.3 Å². The van der Waals surface area contributed by atoms with Gasteiger partial charge in [0.1, 0.15) is 32.4 Å². The van der Waals surface area contributed by atoms with Crippen LogP contribution in [-0.4, -0.2) is 90.3 Å². The summed E-state index contributed by atoms with van der Waals surface area (Å²) in [6.07, 6.45) is 2.09. The van der Waals surface area contributed by atoms with Crippen LogP contribution in [0.3, 0.4) is 0 Å². The number of likely N-dealkylation sites (N-methyl/N-ethyl adjacent to an activating group) is 1. The summed E-state index contributed by atoms with van der Waals surface area (Å²) < 4.78 is 44.5. The maximum Gasteiger partial charge on any atom is 0.158 e. The molecule has 5 aliphatic rings. The number of rotatable bonds is 5. The second kappa shape index (κ2) is 10.5. The van der Waals surface area contributed by atoms with E-state index >= 15 is 4.39 Å². The highest BCUT2D eigenvalue weighted by Gasteiger charge is 2.50. The third kappa shape index (κ3) is 4.49. The van der Waals surface area contributed by atoms with Crippen molar-refractivity contribution in [1.29, 1.82) is 0 Å². The Morgan fingerprint density at radius 3 is 2.51 bits per heavy atom. The zero-order valence-electron chi connectivity index (χ0n) is 26.2. The number of benzene rings is 3. The lowest BCUT2D eigenvalue weighted by Crippen LogP contribution is -2.57. The van der Waals surface area contributed by atoms with Crippen LogP contribution in [0, 0.1) is 11.7 Å². The van der Waals surface area contributed by atoms with Gasteiger partial charge in [0.05, 0.1) is 28.1 Å². The van der Waals surface area contributed by atoms with Crippen molar-refractivity contribution < 1.29 is 17.9 Å². The topological polar surface area (TPSA) is 104 Å². The number of nitrogens with zero attached hydrogens (tertiary/aromatic N) is 5. The Labute approximate surface area is 277 Å². The fourth-order valence-electron chi connectivity index (χ4n) is 8.42. The van der Waals surface area contributed by atoms with Gasteiger partial charge in [-0.25, -0.2) is 22.8 Å². The molecule has 0 amide bonds. The predicted molar refractivity (Wildman–Crippen MR) is 184 cm³/mol. The van der Waals surface area contributed by atoms with E-state index in [9.17, 15) is 13.5 Å². The number of halogens is 2. The van der Waals surface area contributed by atoms with Crippen molar-refractivity contribution >= 4 is 60.0 Å². The summed E-state index contributed by atoms with van der Waals surface area (Å²) in [7, 11) is 1.04. The van der Waals surface area contributed by atoms with E-state index in [2.05, 4.69) is 33.8 Å². The number of sulfone groups is 1. The Morgan fingerprint density at radius 2 is 1.81 bits per heavy atom. The van der Waals surface area contributed by atoms with E-state index in [1.165, 1.54) is 0 Å². The highest BCUT2D eigenvalue weighted by molar-refractivity contribution is 7.91. The van der Waals surface area contributed by atoms with Gasteiger partial charge in [-0.1, -0.05) is 35.9 Å². The molecule has 0 radical (unpaired) electrons. The van der Waals surface area contributed by atoms with Crippen molar-refractivity contribution in [3.8, 4) is 16.9 Å². The molecule has 4 saturated heterocycles. The maximum atomic E-state index is 17.3. The van der Waals surface area contributed by atoms with Crippen molar-refractivity contribution in [2.75, 3.05) is 50.1 Å². The number of anilines is 1. The Kier molecular flexibility index (Phi) is 6.61. The Balaban J connectivity index is 1.33. The summed E-state index contributed by atoms with van der Waals surface area (Å²) in [4.78, 5) is 14.7. The summed E-state index contributed by atoms with van der Waals surface area (Å²) in [5.41, 5.74) is 2.46. The van der Waals surface area contributed by atoms with Gasteiger partial charge in [-0.05, 0) is 73.8 Å². The van der Waals surface area contributed by atoms with Crippen LogP contribution in [0.1, 0.15) is 37.0 Å². The van der Waals surface area contributed by atoms with Crippen LogP contribution in [0.5, 0.6) is 5.75 Å². The van der Waals surface area contributed by atoms with Crippen molar-refractivity contribution in [1.82, 2.24) is 24.8 Å². The Morgan fingerprint density at radius 1 is 1.04 bits per heavy atom. The molecule has 10 rings (SSSR count). The number of hydrogen-bond acceptors (Lipinski definition) is 8. The number of phenols is 1. The Hall–Kier alpha value is -3.51. The normalized spacial score (nSPS) is 24.4. The molecular weight excluding hydrogens is 639 g/mol. The molecule has 47 heavy (non-hydrogen) atoms. The van der Waals surface area contributed by atoms with Crippen LogP contribution in [0.15, 0.2) is 42.5 Å². The molecule has 2 aromatic heterocycles. The first-order valence-corrected chi connectivity index (χ1v) is 18.6. The number of aromatic nitrogens is 3. The minimum absolute atomic E-state index is 0.0267. The summed E-state index contributed by atoms with van der Waals surface area (Å²) in [6, 6.07) is 13.3. The minimum Gasteiger partial charge on any atom is -0.508 e. The molecular formula is C35H36ClFN6O3S. The maximum absolute atomic E-state index is 17.3. The van der Waals surface area contributed by atoms with E-state index in [1.807, 2.05) is 30.3 Å². The molecule has 0 spiro atoms. The zero-order chi connectivity index (χ0) is 32.4. The number of fused-ring (bicyclic) bond motifs is 5. The van der Waals surface area contributed by atoms with Crippen LogP contribution >= 0.6 is 11.6 Å². The fourth-order valence-corrected chi connectivity index (χ4v) is 10.2. The fraction of sp³-hybridized carbons (Fsp3) is 0.429. The van der Waals surface area contributed by atoms with Crippen LogP contribution in [0.2, 0.25) is 5.02 Å². The lowest BCUT2D eigenvalue weighted by atomic mass is 9.79. The predicted octanol–water partition coefficient (Wildman–Crippen LogP) is 5.48. The molecule has 1 saturated carbocycles. The molecule has 3 atom stereocenters. The van der Waals surface area contributed by atoms with Crippen LogP contribution in [-0.2, 0) is 9.84 Å². The van der Waals surface area contributed by atoms with Gasteiger partial charge < -0.3 is 24.8 Å². The molecule has 2 bridgehead atoms. The van der Waals surface area contributed by atoms with E-state index in [1.54, 1.807) is 12.1 Å². The van der Waals surface area contributed by atoms with E-state index < -0.39 is 15.7 Å². The zero-order valence-corrected chi connectivity index (χ0v) is 27.8. The van der Waals surface area contributed by atoms with Gasteiger partial charge in [-0.15, -0.1) is 0 Å². The standard InChI is InChI=1S/C35H36ClFN6O3S/c1-41(2)21-16-42(17-21)35-31-33(43(32-20-12-27(32)38-15-20)34(40-31)18-7-9-47(45,46)10-8-18)25-14-26(36)28(29(37)30(25)39-35)24-13-22(44)11-19-5-3-4-6-23(19)24/h3-6,11,13-14,18,20-21,27,32,38,44H,7-10,12,15-17H2,1-2H3. The lowest BCUT2D eigenvalue weighted by molar-refractivity contribution is 0.217. The third-order valence-electron chi connectivity index (χ3n) is 11.1. The first-order valence-electron chi connectivity index (χ1n) is 16.4. The molecule has 9 nitrogen and oxygen atoms in total. The molecule has 3 unspecified atom stereocenters. The van der Waals surface area contributed by atoms with E-state index in [0.717, 1.165) is 53.7 Å². The van der Waals surface area contributed by atoms with Crippen LogP contribution in [0.4, 0.5) is 10.2 Å². The smallest absolute Gasteiger partial charge is 0.158 e. The second-order valence-corrected chi connectivity index (χ2v) is 16.8. The van der Waals surface area contributed by atoms with E-state index in [-0.39, 0.29) is 51.4 Å². The Bertz CT molecular complexity index is 2210. The van der Waals surface area contributed by atoms with Crippen LogP contribution < -0.4 is 10.2 Å². The summed E-state index contributed by atoms with van der Waals surface area (Å²) in [5.74, 6) is 1.66. The van der Waals surface area contributed by atoms with E-state index in [0.29, 0.717) is 41.6 Å². The van der Waals surface area contributed by atoms with Crippen molar-refractivity contribution in [2.24, 2.45) is 5.92 Å². The first-order chi connectivity index (χ1) is 22.6. The summed E-state index contributed by atoms with van der Waals surface area (Å²) in [6.45, 7) is 2.38. The van der Waals surface area contributed by atoms with Gasteiger partial charge in [0.25, 0.3) is 0 Å². The minimum atomic E-state index is -3.07. The molecule has 244 valence electrons. The number of imidazole rings is 1. The van der Waals surface area contributed by atoms with Crippen LogP contribution in [0.25, 0.3) is 43.8 Å². The van der Waals surface area contributed by atoms with Gasteiger partial charge in [-0.2, -0.15) is 0 Å². The molecule has 12 heteroatoms. The van der Waals surface area contributed by atoms with Gasteiger partial charge in [0, 0.05) is 48.6 Å². The van der Waals surface area contributed by atoms with E-state index in [4.69, 9.17) is 21.6 Å². The number of pyridine rings is 1. The molecule has 1 aliphatic carbocycles. The average molecular weight is 675 g/mol. The quantitative estimate of drug-likeness (QED) is 0.253. The summed E-state index contributed by atoms with van der Waals surface area (Å²) in [5, 5.41) is 16.7. The lowest BCUT2D eigenvalue weighted by Gasteiger charge is -2.43. The number of nitrogens with one attached hydrogen (secondary N) is 1. The number of aromatic hydroxyl groups is 1. The first kappa shape index (κ1) is 29.6. The molecule has 4 aliphatic heterocycles. The second-order valence-electron chi connectivity index (χ2n) is 14.1. The largest absolute Gasteiger partial charge is 0.508 e. The third-order valence-corrected chi connectivity index (χ3v) is 13.1. The van der Waals surface area contributed by atoms with Gasteiger partial charge in [0.15, 0.2) is 11.6 Å². The number of phenolic OH excluding ortho intramolecular Hbond substituents is 1. The highest BCUT2D eigenvalue weighted by Crippen LogP contribution is 2.50. The van der Waals surface area contributed by atoms with Gasteiger partial charge in [-0.3, -0.25) is 0 Å². The monoisotopic (exact) mass is 674 g/mol. The molecule has 5 fully saturated rings. The molecule has 6 heterocycles.